The van der Waals surface area contributed by atoms with Gasteiger partial charge in [0.1, 0.15) is 0 Å². The van der Waals surface area contributed by atoms with E-state index in [4.69, 9.17) is 5.73 Å². The molecule has 0 heterocycles. The highest BCUT2D eigenvalue weighted by atomic mass is 16.3. The van der Waals surface area contributed by atoms with E-state index in [1.54, 1.807) is 0 Å². The molecule has 0 spiro atoms. The third-order valence-electron chi connectivity index (χ3n) is 3.20. The van der Waals surface area contributed by atoms with Crippen molar-refractivity contribution in [1.29, 1.82) is 0 Å². The minimum absolute atomic E-state index is 0.117. The van der Waals surface area contributed by atoms with Gasteiger partial charge in [0.25, 0.3) is 0 Å². The Morgan fingerprint density at radius 1 is 1.36 bits per heavy atom. The molecule has 14 heavy (non-hydrogen) atoms. The fourth-order valence-electron chi connectivity index (χ4n) is 2.27. The Hall–Kier alpha value is -0.860. The molecule has 0 amide bonds. The van der Waals surface area contributed by atoms with Gasteiger partial charge in [-0.05, 0) is 23.0 Å². The summed E-state index contributed by atoms with van der Waals surface area (Å²) in [5, 5.41) is 10.0. The van der Waals surface area contributed by atoms with Crippen molar-refractivity contribution in [3.8, 4) is 0 Å². The lowest BCUT2D eigenvalue weighted by Gasteiger charge is -2.40. The fraction of sp³-hybridized carbons (Fsp3) is 0.500. The van der Waals surface area contributed by atoms with Crippen molar-refractivity contribution < 1.29 is 5.11 Å². The van der Waals surface area contributed by atoms with E-state index in [-0.39, 0.29) is 11.5 Å². The second-order valence-electron chi connectivity index (χ2n) is 4.83. The minimum atomic E-state index is -0.447. The molecule has 2 rings (SSSR count). The van der Waals surface area contributed by atoms with Crippen molar-refractivity contribution in [1.82, 2.24) is 0 Å². The first-order valence-electron chi connectivity index (χ1n) is 5.04. The van der Waals surface area contributed by atoms with Crippen molar-refractivity contribution in [2.24, 2.45) is 11.1 Å². The van der Waals surface area contributed by atoms with Crippen LogP contribution < -0.4 is 5.73 Å². The number of fused-ring (bicyclic) bond motifs is 1. The van der Waals surface area contributed by atoms with Gasteiger partial charge in [-0.15, -0.1) is 0 Å². The number of aliphatic hydroxyl groups is 1. The summed E-state index contributed by atoms with van der Waals surface area (Å²) in [6, 6.07) is 7.87. The molecule has 3 N–H and O–H groups in total. The quantitative estimate of drug-likeness (QED) is 0.654. The summed E-state index contributed by atoms with van der Waals surface area (Å²) in [6.07, 6.45) is 0.454. The molecule has 2 heteroatoms. The van der Waals surface area contributed by atoms with Crippen molar-refractivity contribution in [2.75, 3.05) is 0 Å². The molecule has 0 saturated carbocycles. The Kier molecular flexibility index (Phi) is 2.13. The SMILES string of the molecule is CC1(C)Cc2ccccc2[C@@H](N)[C@@H]1O. The van der Waals surface area contributed by atoms with Gasteiger partial charge in [-0.1, -0.05) is 38.1 Å². The Labute approximate surface area is 84.7 Å². The van der Waals surface area contributed by atoms with E-state index in [9.17, 15) is 5.11 Å². The largest absolute Gasteiger partial charge is 0.391 e. The summed E-state index contributed by atoms with van der Waals surface area (Å²) in [6.45, 7) is 4.13. The zero-order chi connectivity index (χ0) is 10.3. The van der Waals surface area contributed by atoms with E-state index in [1.807, 2.05) is 18.2 Å². The molecule has 76 valence electrons. The molecule has 0 bridgehead atoms. The average Bonchev–Trinajstić information content (AvgIpc) is 2.14. The number of rotatable bonds is 0. The molecule has 0 aliphatic heterocycles. The van der Waals surface area contributed by atoms with Gasteiger partial charge in [0.15, 0.2) is 0 Å². The zero-order valence-electron chi connectivity index (χ0n) is 8.70. The predicted octanol–water partition coefficient (Wildman–Crippen LogP) is 1.63. The zero-order valence-corrected chi connectivity index (χ0v) is 8.70. The number of aliphatic hydroxyl groups excluding tert-OH is 1. The normalized spacial score (nSPS) is 29.7. The summed E-state index contributed by atoms with van der Waals surface area (Å²) in [5.41, 5.74) is 8.27. The maximum atomic E-state index is 10.0. The van der Waals surface area contributed by atoms with Crippen LogP contribution in [0.5, 0.6) is 0 Å². The van der Waals surface area contributed by atoms with Gasteiger partial charge in [-0.2, -0.15) is 0 Å². The van der Waals surface area contributed by atoms with E-state index >= 15 is 0 Å². The summed E-state index contributed by atoms with van der Waals surface area (Å²) in [4.78, 5) is 0. The van der Waals surface area contributed by atoms with Crippen LogP contribution in [0.1, 0.15) is 31.0 Å². The lowest BCUT2D eigenvalue weighted by atomic mass is 9.70. The minimum Gasteiger partial charge on any atom is -0.391 e. The third kappa shape index (κ3) is 1.35. The highest BCUT2D eigenvalue weighted by Gasteiger charge is 2.38. The lowest BCUT2D eigenvalue weighted by molar-refractivity contribution is 0.0192. The van der Waals surface area contributed by atoms with E-state index in [0.29, 0.717) is 0 Å². The summed E-state index contributed by atoms with van der Waals surface area (Å²) >= 11 is 0. The van der Waals surface area contributed by atoms with Gasteiger partial charge in [-0.25, -0.2) is 0 Å². The first kappa shape index (κ1) is 9.69. The van der Waals surface area contributed by atoms with E-state index < -0.39 is 6.10 Å². The van der Waals surface area contributed by atoms with Crippen LogP contribution in [-0.4, -0.2) is 11.2 Å². The van der Waals surface area contributed by atoms with Gasteiger partial charge in [-0.3, -0.25) is 0 Å². The first-order chi connectivity index (χ1) is 6.52. The predicted molar refractivity (Wildman–Crippen MR) is 56.9 cm³/mol. The maximum absolute atomic E-state index is 10.0. The van der Waals surface area contributed by atoms with Crippen LogP contribution in [-0.2, 0) is 6.42 Å². The van der Waals surface area contributed by atoms with Crippen LogP contribution >= 0.6 is 0 Å². The summed E-state index contributed by atoms with van der Waals surface area (Å²) in [7, 11) is 0. The average molecular weight is 191 g/mol. The summed E-state index contributed by atoms with van der Waals surface area (Å²) < 4.78 is 0. The second kappa shape index (κ2) is 3.07. The molecule has 0 fully saturated rings. The van der Waals surface area contributed by atoms with E-state index in [2.05, 4.69) is 19.9 Å². The Morgan fingerprint density at radius 3 is 2.71 bits per heavy atom. The monoisotopic (exact) mass is 191 g/mol. The molecule has 0 unspecified atom stereocenters. The number of hydrogen-bond acceptors (Lipinski definition) is 2. The molecular formula is C12H17NO. The third-order valence-corrected chi connectivity index (χ3v) is 3.20. The molecule has 1 aromatic rings. The van der Waals surface area contributed by atoms with Crippen molar-refractivity contribution >= 4 is 0 Å². The van der Waals surface area contributed by atoms with E-state index in [1.165, 1.54) is 5.56 Å². The fourth-order valence-corrected chi connectivity index (χ4v) is 2.27. The summed E-state index contributed by atoms with van der Waals surface area (Å²) in [5.74, 6) is 0. The van der Waals surface area contributed by atoms with Crippen LogP contribution in [0, 0.1) is 5.41 Å². The van der Waals surface area contributed by atoms with Crippen LogP contribution in [0.2, 0.25) is 0 Å². The molecule has 0 aromatic heterocycles. The Bertz CT molecular complexity index is 346. The molecule has 1 aliphatic carbocycles. The molecule has 1 aromatic carbocycles. The van der Waals surface area contributed by atoms with Crippen LogP contribution in [0.4, 0.5) is 0 Å². The Morgan fingerprint density at radius 2 is 2.00 bits per heavy atom. The Balaban J connectivity index is 2.48. The van der Waals surface area contributed by atoms with Gasteiger partial charge in [0.05, 0.1) is 12.1 Å². The van der Waals surface area contributed by atoms with Gasteiger partial charge in [0.2, 0.25) is 0 Å². The second-order valence-corrected chi connectivity index (χ2v) is 4.83. The van der Waals surface area contributed by atoms with Gasteiger partial charge in [0, 0.05) is 0 Å². The van der Waals surface area contributed by atoms with Gasteiger partial charge >= 0.3 is 0 Å². The van der Waals surface area contributed by atoms with Crippen LogP contribution in [0.25, 0.3) is 0 Å². The number of hydrogen-bond donors (Lipinski definition) is 2. The van der Waals surface area contributed by atoms with Crippen molar-refractivity contribution in [3.63, 3.8) is 0 Å². The van der Waals surface area contributed by atoms with E-state index in [0.717, 1.165) is 12.0 Å². The molecule has 0 radical (unpaired) electrons. The first-order valence-corrected chi connectivity index (χ1v) is 5.04. The highest BCUT2D eigenvalue weighted by molar-refractivity contribution is 5.34. The van der Waals surface area contributed by atoms with Crippen molar-refractivity contribution in [2.45, 2.75) is 32.4 Å². The van der Waals surface area contributed by atoms with Crippen LogP contribution in [0.15, 0.2) is 24.3 Å². The smallest absolute Gasteiger partial charge is 0.0786 e. The molecule has 1 aliphatic rings. The highest BCUT2D eigenvalue weighted by Crippen LogP contribution is 2.39. The van der Waals surface area contributed by atoms with Crippen LogP contribution in [0.3, 0.4) is 0 Å². The van der Waals surface area contributed by atoms with Crippen molar-refractivity contribution in [3.05, 3.63) is 35.4 Å². The lowest BCUT2D eigenvalue weighted by Crippen LogP contribution is -2.44. The molecule has 2 nitrogen and oxygen atoms in total. The topological polar surface area (TPSA) is 46.2 Å². The number of nitrogens with two attached hydrogens (primary N) is 1. The standard InChI is InChI=1S/C12H17NO/c1-12(2)7-8-5-3-4-6-9(8)10(13)11(12)14/h3-6,10-11,14H,7,13H2,1-2H3/t10-,11+/m1/s1. The molecular weight excluding hydrogens is 174 g/mol. The number of benzene rings is 1. The van der Waals surface area contributed by atoms with Gasteiger partial charge < -0.3 is 10.8 Å². The maximum Gasteiger partial charge on any atom is 0.0786 e. The molecule has 0 saturated heterocycles. The molecule has 2 atom stereocenters.